The molecule has 1 atom stereocenters. The zero-order chi connectivity index (χ0) is 17.6. The van der Waals surface area contributed by atoms with Crippen molar-refractivity contribution in [2.24, 2.45) is 0 Å². The lowest BCUT2D eigenvalue weighted by molar-refractivity contribution is 0.517. The highest BCUT2D eigenvalue weighted by Gasteiger charge is 2.15. The molecule has 4 heteroatoms. The first-order chi connectivity index (χ1) is 12.9. The predicted molar refractivity (Wildman–Crippen MR) is 103 cm³/mol. The van der Waals surface area contributed by atoms with E-state index in [9.17, 15) is 0 Å². The summed E-state index contributed by atoms with van der Waals surface area (Å²) in [7, 11) is 0. The van der Waals surface area contributed by atoms with E-state index in [2.05, 4.69) is 51.8 Å². The van der Waals surface area contributed by atoms with Crippen LogP contribution in [0.25, 0.3) is 17.5 Å². The maximum absolute atomic E-state index is 4.61. The lowest BCUT2D eigenvalue weighted by Gasteiger charge is -2.11. The molecule has 0 bridgehead atoms. The molecule has 0 fully saturated rings. The number of benzene rings is 3. The SMILES string of the molecule is C(=CC(c1ccccc1)n1nnc(-c2ccccc2)n1)c1ccccc1. The first-order valence-electron chi connectivity index (χ1n) is 8.53. The number of tetrazole rings is 1. The summed E-state index contributed by atoms with van der Waals surface area (Å²) in [5.41, 5.74) is 3.20. The van der Waals surface area contributed by atoms with Crippen LogP contribution in [0.2, 0.25) is 0 Å². The smallest absolute Gasteiger partial charge is 0.152 e. The molecule has 0 spiro atoms. The quantitative estimate of drug-likeness (QED) is 0.532. The van der Waals surface area contributed by atoms with Crippen LogP contribution >= 0.6 is 0 Å². The molecule has 1 unspecified atom stereocenters. The minimum absolute atomic E-state index is 0.124. The Hall–Kier alpha value is -3.53. The lowest BCUT2D eigenvalue weighted by Crippen LogP contribution is -2.11. The number of hydrogen-bond acceptors (Lipinski definition) is 3. The minimum Gasteiger partial charge on any atom is -0.152 e. The van der Waals surface area contributed by atoms with Crippen molar-refractivity contribution < 1.29 is 0 Å². The van der Waals surface area contributed by atoms with Crippen molar-refractivity contribution in [2.75, 3.05) is 0 Å². The average Bonchev–Trinajstić information content (AvgIpc) is 3.20. The molecule has 0 saturated heterocycles. The van der Waals surface area contributed by atoms with Crippen LogP contribution in [0.1, 0.15) is 17.2 Å². The van der Waals surface area contributed by atoms with E-state index >= 15 is 0 Å². The first-order valence-corrected chi connectivity index (χ1v) is 8.53. The van der Waals surface area contributed by atoms with Gasteiger partial charge >= 0.3 is 0 Å². The Morgan fingerprint density at radius 3 is 2.04 bits per heavy atom. The van der Waals surface area contributed by atoms with Gasteiger partial charge in [0.15, 0.2) is 0 Å². The van der Waals surface area contributed by atoms with Crippen molar-refractivity contribution in [3.8, 4) is 11.4 Å². The first kappa shape index (κ1) is 16.0. The molecule has 26 heavy (non-hydrogen) atoms. The van der Waals surface area contributed by atoms with Crippen LogP contribution < -0.4 is 0 Å². The molecule has 0 aliphatic rings. The topological polar surface area (TPSA) is 43.6 Å². The Morgan fingerprint density at radius 2 is 1.35 bits per heavy atom. The summed E-state index contributed by atoms with van der Waals surface area (Å²) < 4.78 is 0. The van der Waals surface area contributed by atoms with Crippen molar-refractivity contribution in [3.05, 3.63) is 108 Å². The van der Waals surface area contributed by atoms with Crippen LogP contribution in [-0.2, 0) is 0 Å². The standard InChI is InChI=1S/C22H18N4/c1-4-10-18(11-5-1)16-17-21(19-12-6-2-7-13-19)26-24-22(23-25-26)20-14-8-3-9-15-20/h1-17,21H. The molecule has 1 aromatic heterocycles. The number of allylic oxidation sites excluding steroid dienone is 1. The van der Waals surface area contributed by atoms with Gasteiger partial charge in [0.05, 0.1) is 0 Å². The molecule has 0 aliphatic heterocycles. The molecule has 0 amide bonds. The summed E-state index contributed by atoms with van der Waals surface area (Å²) in [6, 6.07) is 30.2. The highest BCUT2D eigenvalue weighted by molar-refractivity contribution is 5.53. The molecule has 0 radical (unpaired) electrons. The Labute approximate surface area is 152 Å². The van der Waals surface area contributed by atoms with Crippen molar-refractivity contribution in [3.63, 3.8) is 0 Å². The minimum atomic E-state index is -0.124. The van der Waals surface area contributed by atoms with Gasteiger partial charge in [0, 0.05) is 5.56 Å². The highest BCUT2D eigenvalue weighted by Crippen LogP contribution is 2.21. The van der Waals surface area contributed by atoms with Crippen LogP contribution in [0.3, 0.4) is 0 Å². The molecule has 126 valence electrons. The van der Waals surface area contributed by atoms with Gasteiger partial charge in [0.25, 0.3) is 0 Å². The van der Waals surface area contributed by atoms with Gasteiger partial charge in [-0.1, -0.05) is 103 Å². The predicted octanol–water partition coefficient (Wildman–Crippen LogP) is 4.64. The zero-order valence-electron chi connectivity index (χ0n) is 14.2. The van der Waals surface area contributed by atoms with Gasteiger partial charge in [-0.15, -0.1) is 10.2 Å². The average molecular weight is 338 g/mol. The van der Waals surface area contributed by atoms with Crippen LogP contribution in [0.15, 0.2) is 97.1 Å². The van der Waals surface area contributed by atoms with E-state index in [1.807, 2.05) is 66.7 Å². The zero-order valence-corrected chi connectivity index (χ0v) is 14.2. The summed E-state index contributed by atoms with van der Waals surface area (Å²) in [5, 5.41) is 13.2. The molecule has 4 rings (SSSR count). The third-order valence-corrected chi connectivity index (χ3v) is 4.12. The van der Waals surface area contributed by atoms with Crippen LogP contribution in [-0.4, -0.2) is 20.2 Å². The van der Waals surface area contributed by atoms with E-state index < -0.39 is 0 Å². The van der Waals surface area contributed by atoms with Crippen LogP contribution in [0, 0.1) is 0 Å². The summed E-state index contributed by atoms with van der Waals surface area (Å²) in [6.07, 6.45) is 4.18. The summed E-state index contributed by atoms with van der Waals surface area (Å²) in [6.45, 7) is 0. The third kappa shape index (κ3) is 3.59. The largest absolute Gasteiger partial charge is 0.204 e. The second-order valence-corrected chi connectivity index (χ2v) is 5.92. The fourth-order valence-electron chi connectivity index (χ4n) is 2.78. The summed E-state index contributed by atoms with van der Waals surface area (Å²) in [4.78, 5) is 1.66. The van der Waals surface area contributed by atoms with Gasteiger partial charge in [0.1, 0.15) is 6.04 Å². The van der Waals surface area contributed by atoms with Gasteiger partial charge in [-0.25, -0.2) is 0 Å². The lowest BCUT2D eigenvalue weighted by atomic mass is 10.1. The van der Waals surface area contributed by atoms with Crippen LogP contribution in [0.5, 0.6) is 0 Å². The van der Waals surface area contributed by atoms with Crippen molar-refractivity contribution in [1.82, 2.24) is 20.2 Å². The summed E-state index contributed by atoms with van der Waals surface area (Å²) >= 11 is 0. The van der Waals surface area contributed by atoms with Crippen molar-refractivity contribution >= 4 is 6.08 Å². The van der Waals surface area contributed by atoms with E-state index in [0.717, 1.165) is 16.7 Å². The Bertz CT molecular complexity index is 976. The molecular formula is C22H18N4. The Morgan fingerprint density at radius 1 is 0.731 bits per heavy atom. The molecule has 0 saturated carbocycles. The van der Waals surface area contributed by atoms with E-state index in [-0.39, 0.29) is 6.04 Å². The normalized spacial score (nSPS) is 12.3. The Kier molecular flexibility index (Phi) is 4.65. The fraction of sp³-hybridized carbons (Fsp3) is 0.0455. The molecule has 3 aromatic carbocycles. The highest BCUT2D eigenvalue weighted by atomic mass is 15.6. The molecule has 4 nitrogen and oxygen atoms in total. The molecule has 0 aliphatic carbocycles. The number of rotatable bonds is 5. The van der Waals surface area contributed by atoms with Crippen molar-refractivity contribution in [1.29, 1.82) is 0 Å². The van der Waals surface area contributed by atoms with E-state index in [1.165, 1.54) is 0 Å². The Balaban J connectivity index is 1.70. The second-order valence-electron chi connectivity index (χ2n) is 5.92. The van der Waals surface area contributed by atoms with Gasteiger partial charge in [0.2, 0.25) is 5.82 Å². The maximum Gasteiger partial charge on any atom is 0.204 e. The van der Waals surface area contributed by atoms with Crippen LogP contribution in [0.4, 0.5) is 0 Å². The number of nitrogens with zero attached hydrogens (tertiary/aromatic N) is 4. The van der Waals surface area contributed by atoms with E-state index in [1.54, 1.807) is 4.80 Å². The monoisotopic (exact) mass is 338 g/mol. The molecule has 4 aromatic rings. The third-order valence-electron chi connectivity index (χ3n) is 4.12. The fourth-order valence-corrected chi connectivity index (χ4v) is 2.78. The van der Waals surface area contributed by atoms with Crippen molar-refractivity contribution in [2.45, 2.75) is 6.04 Å². The summed E-state index contributed by atoms with van der Waals surface area (Å²) in [5.74, 6) is 0.625. The van der Waals surface area contributed by atoms with Gasteiger partial charge in [-0.05, 0) is 16.3 Å². The van der Waals surface area contributed by atoms with Gasteiger partial charge in [-0.3, -0.25) is 0 Å². The van der Waals surface area contributed by atoms with E-state index in [0.29, 0.717) is 5.82 Å². The number of hydrogen-bond donors (Lipinski definition) is 0. The molecule has 0 N–H and O–H groups in total. The molecular weight excluding hydrogens is 320 g/mol. The van der Waals surface area contributed by atoms with Gasteiger partial charge < -0.3 is 0 Å². The van der Waals surface area contributed by atoms with Gasteiger partial charge in [-0.2, -0.15) is 4.80 Å². The maximum atomic E-state index is 4.61. The number of aromatic nitrogens is 4. The second kappa shape index (κ2) is 7.57. The van der Waals surface area contributed by atoms with E-state index in [4.69, 9.17) is 0 Å². The molecule has 1 heterocycles.